The molecule has 3 heterocycles. The van der Waals surface area contributed by atoms with Crippen molar-refractivity contribution in [2.24, 2.45) is 17.8 Å². The zero-order valence-electron chi connectivity index (χ0n) is 20.5. The first-order chi connectivity index (χ1) is 16.9. The van der Waals surface area contributed by atoms with Crippen molar-refractivity contribution < 1.29 is 22.8 Å². The van der Waals surface area contributed by atoms with Crippen molar-refractivity contribution in [3.63, 3.8) is 0 Å². The fourth-order valence-electron chi connectivity index (χ4n) is 5.28. The summed E-state index contributed by atoms with van der Waals surface area (Å²) in [4.78, 5) is 20.4. The van der Waals surface area contributed by atoms with E-state index >= 15 is 0 Å². The second kappa shape index (κ2) is 10.1. The highest BCUT2D eigenvalue weighted by Crippen LogP contribution is 2.50. The minimum atomic E-state index is -0.716. The number of amides is 1. The lowest BCUT2D eigenvalue weighted by molar-refractivity contribution is -0.133. The monoisotopic (exact) mass is 488 g/mol. The van der Waals surface area contributed by atoms with E-state index in [0.717, 1.165) is 44.6 Å². The number of nitrogens with zero attached hydrogens (tertiary/aromatic N) is 4. The summed E-state index contributed by atoms with van der Waals surface area (Å²) >= 11 is 0. The topological polar surface area (TPSA) is 71.7 Å². The predicted molar refractivity (Wildman–Crippen MR) is 126 cm³/mol. The summed E-state index contributed by atoms with van der Waals surface area (Å²) in [5, 5.41) is 4.06. The Morgan fingerprint density at radius 2 is 1.89 bits per heavy atom. The molecule has 2 saturated heterocycles. The van der Waals surface area contributed by atoms with E-state index in [1.54, 1.807) is 4.90 Å². The molecule has 3 fully saturated rings. The van der Waals surface area contributed by atoms with Crippen molar-refractivity contribution in [2.75, 3.05) is 37.7 Å². The van der Waals surface area contributed by atoms with Gasteiger partial charge >= 0.3 is 6.01 Å². The Bertz CT molecular complexity index is 1020. The number of anilines is 1. The molecule has 2 aromatic rings. The summed E-state index contributed by atoms with van der Waals surface area (Å²) in [5.74, 6) is 1.50. The van der Waals surface area contributed by atoms with E-state index in [1.807, 2.05) is 0 Å². The van der Waals surface area contributed by atoms with Crippen molar-refractivity contribution in [2.45, 2.75) is 58.3 Å². The molecular weight excluding hydrogens is 454 g/mol. The van der Waals surface area contributed by atoms with Crippen molar-refractivity contribution in [3.05, 3.63) is 35.2 Å². The third-order valence-electron chi connectivity index (χ3n) is 7.75. The number of halogens is 2. The summed E-state index contributed by atoms with van der Waals surface area (Å²) in [7, 11) is 0. The highest BCUT2D eigenvalue weighted by Gasteiger charge is 2.43. The predicted octanol–water partition coefficient (Wildman–Crippen LogP) is 4.57. The molecule has 2 aliphatic heterocycles. The SMILES string of the molecule is CC(C)c1noc(N2CCC([C@H]3C[C@@H]3CCOc3cc(F)c(CC(=O)N4CCC4)c(F)c3)CC2)n1. The molecule has 190 valence electrons. The van der Waals surface area contributed by atoms with Crippen LogP contribution in [0, 0.1) is 29.4 Å². The lowest BCUT2D eigenvalue weighted by Gasteiger charge is -2.31. The summed E-state index contributed by atoms with van der Waals surface area (Å²) in [6.07, 6.45) is 4.98. The Balaban J connectivity index is 1.04. The maximum absolute atomic E-state index is 14.4. The fraction of sp³-hybridized carbons (Fsp3) is 0.654. The Morgan fingerprint density at radius 3 is 2.49 bits per heavy atom. The van der Waals surface area contributed by atoms with Gasteiger partial charge in [-0.25, -0.2) is 8.78 Å². The third kappa shape index (κ3) is 5.43. The third-order valence-corrected chi connectivity index (χ3v) is 7.75. The molecule has 1 aromatic heterocycles. The van der Waals surface area contributed by atoms with Gasteiger partial charge in [-0.3, -0.25) is 4.79 Å². The van der Waals surface area contributed by atoms with Crippen molar-refractivity contribution in [3.8, 4) is 5.75 Å². The van der Waals surface area contributed by atoms with Crippen LogP contribution in [0.25, 0.3) is 0 Å². The zero-order chi connectivity index (χ0) is 24.5. The highest BCUT2D eigenvalue weighted by atomic mass is 19.1. The normalized spacial score (nSPS) is 22.4. The van der Waals surface area contributed by atoms with E-state index in [1.165, 1.54) is 18.6 Å². The quantitative estimate of drug-likeness (QED) is 0.515. The number of hydrogen-bond donors (Lipinski definition) is 0. The van der Waals surface area contributed by atoms with Crippen LogP contribution in [0.1, 0.15) is 63.3 Å². The second-order valence-corrected chi connectivity index (χ2v) is 10.5. The van der Waals surface area contributed by atoms with Crippen LogP contribution in [0.2, 0.25) is 0 Å². The van der Waals surface area contributed by atoms with Gasteiger partial charge in [0, 0.05) is 49.8 Å². The molecule has 1 amide bonds. The molecule has 0 radical (unpaired) electrons. The molecular formula is C26H34F2N4O3. The van der Waals surface area contributed by atoms with Gasteiger partial charge in [-0.05, 0) is 49.9 Å². The van der Waals surface area contributed by atoms with Crippen molar-refractivity contribution in [1.29, 1.82) is 0 Å². The van der Waals surface area contributed by atoms with Gasteiger partial charge in [0.15, 0.2) is 5.82 Å². The van der Waals surface area contributed by atoms with Crippen LogP contribution in [0.15, 0.2) is 16.7 Å². The average molecular weight is 489 g/mol. The van der Waals surface area contributed by atoms with E-state index in [2.05, 4.69) is 28.9 Å². The van der Waals surface area contributed by atoms with E-state index in [0.29, 0.717) is 43.5 Å². The van der Waals surface area contributed by atoms with Crippen molar-refractivity contribution >= 4 is 11.9 Å². The molecule has 0 unspecified atom stereocenters. The van der Waals surface area contributed by atoms with E-state index in [9.17, 15) is 13.6 Å². The molecule has 0 bridgehead atoms. The van der Waals surface area contributed by atoms with Crippen LogP contribution in [0.4, 0.5) is 14.8 Å². The molecule has 9 heteroatoms. The molecule has 2 atom stereocenters. The highest BCUT2D eigenvalue weighted by molar-refractivity contribution is 5.79. The van der Waals surface area contributed by atoms with Gasteiger partial charge in [0.1, 0.15) is 17.4 Å². The lowest BCUT2D eigenvalue weighted by Crippen LogP contribution is -2.43. The molecule has 3 aliphatic rings. The van der Waals surface area contributed by atoms with E-state index < -0.39 is 11.6 Å². The van der Waals surface area contributed by atoms with Gasteiger partial charge in [-0.15, -0.1) is 0 Å². The largest absolute Gasteiger partial charge is 0.493 e. The molecule has 1 aromatic carbocycles. The first-order valence-corrected chi connectivity index (χ1v) is 12.9. The molecule has 0 N–H and O–H groups in total. The van der Waals surface area contributed by atoms with Crippen LogP contribution in [-0.4, -0.2) is 53.7 Å². The minimum Gasteiger partial charge on any atom is -0.493 e. The summed E-state index contributed by atoms with van der Waals surface area (Å²) < 4.78 is 40.0. The Kier molecular flexibility index (Phi) is 6.93. The molecule has 5 rings (SSSR count). The van der Waals surface area contributed by atoms with Crippen LogP contribution >= 0.6 is 0 Å². The number of ether oxygens (including phenoxy) is 1. The van der Waals surface area contributed by atoms with Gasteiger partial charge in [-0.2, -0.15) is 4.98 Å². The lowest BCUT2D eigenvalue weighted by atomic mass is 9.90. The van der Waals surface area contributed by atoms with Gasteiger partial charge in [0.2, 0.25) is 5.91 Å². The number of carbonyl (C=O) groups is 1. The minimum absolute atomic E-state index is 0.177. The Labute approximate surface area is 204 Å². The molecule has 7 nitrogen and oxygen atoms in total. The van der Waals surface area contributed by atoms with Crippen molar-refractivity contribution in [1.82, 2.24) is 15.0 Å². The van der Waals surface area contributed by atoms with Gasteiger partial charge in [0.05, 0.1) is 13.0 Å². The van der Waals surface area contributed by atoms with Crippen LogP contribution in [0.5, 0.6) is 5.75 Å². The molecule has 1 aliphatic carbocycles. The second-order valence-electron chi connectivity index (χ2n) is 10.5. The number of hydrogen-bond acceptors (Lipinski definition) is 6. The van der Waals surface area contributed by atoms with Crippen LogP contribution in [-0.2, 0) is 11.2 Å². The standard InChI is InChI=1S/C26H34F2N4O3/c1-16(2)25-29-26(35-30-25)32-9-4-17(5-10-32)20-12-18(20)6-11-34-19-13-22(27)21(23(28)14-19)15-24(33)31-7-3-8-31/h13-14,16-18,20H,3-12,15H2,1-2H3/t18-,20+/m0/s1. The van der Waals surface area contributed by atoms with Gasteiger partial charge in [0.25, 0.3) is 0 Å². The molecule has 1 saturated carbocycles. The Hall–Kier alpha value is -2.71. The number of aromatic nitrogens is 2. The fourth-order valence-corrected chi connectivity index (χ4v) is 5.28. The maximum Gasteiger partial charge on any atom is 0.324 e. The van der Waals surface area contributed by atoms with Crippen LogP contribution in [0.3, 0.4) is 0 Å². The van der Waals surface area contributed by atoms with E-state index in [4.69, 9.17) is 9.26 Å². The van der Waals surface area contributed by atoms with Gasteiger partial charge in [-0.1, -0.05) is 19.0 Å². The maximum atomic E-state index is 14.4. The first kappa shape index (κ1) is 24.0. The molecule has 0 spiro atoms. The smallest absolute Gasteiger partial charge is 0.324 e. The van der Waals surface area contributed by atoms with Crippen LogP contribution < -0.4 is 9.64 Å². The number of benzene rings is 1. The first-order valence-electron chi connectivity index (χ1n) is 12.9. The summed E-state index contributed by atoms with van der Waals surface area (Å²) in [5.41, 5.74) is -0.177. The van der Waals surface area contributed by atoms with E-state index in [-0.39, 0.29) is 29.6 Å². The van der Waals surface area contributed by atoms with Gasteiger partial charge < -0.3 is 19.1 Å². The number of rotatable bonds is 9. The zero-order valence-corrected chi connectivity index (χ0v) is 20.5. The number of likely N-dealkylation sites (tertiary alicyclic amines) is 1. The Morgan fingerprint density at radius 1 is 1.17 bits per heavy atom. The summed E-state index contributed by atoms with van der Waals surface area (Å²) in [6.45, 7) is 7.73. The number of carbonyl (C=O) groups excluding carboxylic acids is 1. The average Bonchev–Trinajstić information content (AvgIpc) is 3.37. The number of piperidine rings is 1. The summed E-state index contributed by atoms with van der Waals surface area (Å²) in [6, 6.07) is 3.03. The molecule has 35 heavy (non-hydrogen) atoms.